The highest BCUT2D eigenvalue weighted by Crippen LogP contribution is 2.39. The van der Waals surface area contributed by atoms with Crippen LogP contribution in [0.4, 0.5) is 11.4 Å². The molecule has 2 aliphatic rings. The minimum absolute atomic E-state index is 0.0910. The van der Waals surface area contributed by atoms with E-state index in [1.807, 2.05) is 19.9 Å². The molecule has 2 aromatic rings. The summed E-state index contributed by atoms with van der Waals surface area (Å²) < 4.78 is 28.3. The summed E-state index contributed by atoms with van der Waals surface area (Å²) in [4.78, 5) is 16.7. The number of aryl methyl sites for hydroxylation is 1. The maximum absolute atomic E-state index is 13.4. The van der Waals surface area contributed by atoms with Crippen LogP contribution in [-0.2, 0) is 14.8 Å². The van der Waals surface area contributed by atoms with Crippen molar-refractivity contribution < 1.29 is 13.2 Å². The lowest BCUT2D eigenvalue weighted by atomic mass is 10.0. The summed E-state index contributed by atoms with van der Waals surface area (Å²) in [5.74, 6) is -0.0910. The average molecular weight is 440 g/mol. The van der Waals surface area contributed by atoms with Gasteiger partial charge < -0.3 is 9.80 Å². The molecule has 7 heteroatoms. The summed E-state index contributed by atoms with van der Waals surface area (Å²) in [6, 6.07) is 11.2. The second-order valence-corrected chi connectivity index (χ2v) is 10.5. The van der Waals surface area contributed by atoms with Gasteiger partial charge in [-0.05, 0) is 63.1 Å². The van der Waals surface area contributed by atoms with Gasteiger partial charge in [0, 0.05) is 50.1 Å². The van der Waals surface area contributed by atoms with Crippen LogP contribution in [0.3, 0.4) is 0 Å². The van der Waals surface area contributed by atoms with Crippen molar-refractivity contribution in [2.75, 3.05) is 43.0 Å². The highest BCUT2D eigenvalue weighted by molar-refractivity contribution is 7.89. The molecule has 2 aliphatic heterocycles. The Morgan fingerprint density at radius 2 is 1.61 bits per heavy atom. The topological polar surface area (TPSA) is 60.9 Å². The zero-order valence-electron chi connectivity index (χ0n) is 18.8. The molecule has 0 radical (unpaired) electrons. The first kappa shape index (κ1) is 21.6. The van der Waals surface area contributed by atoms with E-state index in [2.05, 4.69) is 30.9 Å². The number of nitrogens with zero attached hydrogens (tertiary/aromatic N) is 3. The fourth-order valence-corrected chi connectivity index (χ4v) is 5.89. The quantitative estimate of drug-likeness (QED) is 0.686. The van der Waals surface area contributed by atoms with Crippen LogP contribution < -0.4 is 9.80 Å². The van der Waals surface area contributed by atoms with Gasteiger partial charge in [0.1, 0.15) is 0 Å². The molecule has 1 fully saturated rings. The van der Waals surface area contributed by atoms with Crippen LogP contribution in [0.25, 0.3) is 5.57 Å². The third-order valence-electron chi connectivity index (χ3n) is 6.41. The third kappa shape index (κ3) is 3.55. The van der Waals surface area contributed by atoms with Crippen molar-refractivity contribution in [2.24, 2.45) is 0 Å². The highest BCUT2D eigenvalue weighted by atomic mass is 32.2. The van der Waals surface area contributed by atoms with Crippen LogP contribution in [0, 0.1) is 13.8 Å². The van der Waals surface area contributed by atoms with Crippen molar-refractivity contribution in [1.82, 2.24) is 4.31 Å². The third-order valence-corrected chi connectivity index (χ3v) is 8.30. The molecule has 31 heavy (non-hydrogen) atoms. The molecule has 0 aliphatic carbocycles. The Labute approximate surface area is 184 Å². The maximum Gasteiger partial charge on any atom is 0.258 e. The second-order valence-electron chi connectivity index (χ2n) is 8.53. The van der Waals surface area contributed by atoms with Gasteiger partial charge in [-0.3, -0.25) is 4.79 Å². The summed E-state index contributed by atoms with van der Waals surface area (Å²) in [6.45, 7) is 10.1. The van der Waals surface area contributed by atoms with Crippen LogP contribution >= 0.6 is 0 Å². The SMILES string of the molecule is CC(C)=C1C(=O)N(C)c2ccc(S(=O)(=O)N3CCN(c4cccc(C)c4C)CC3)cc21. The van der Waals surface area contributed by atoms with E-state index in [9.17, 15) is 13.2 Å². The summed E-state index contributed by atoms with van der Waals surface area (Å²) in [7, 11) is -1.92. The molecule has 0 unspecified atom stereocenters. The second kappa shape index (κ2) is 7.80. The van der Waals surface area contributed by atoms with Gasteiger partial charge >= 0.3 is 0 Å². The summed E-state index contributed by atoms with van der Waals surface area (Å²) in [6.07, 6.45) is 0. The standard InChI is InChI=1S/C24H29N3O3S/c1-16(2)23-20-15-19(9-10-22(20)25(5)24(23)28)31(29,30)27-13-11-26(12-14-27)21-8-6-7-17(3)18(21)4/h6-10,15H,11-14H2,1-5H3. The Hall–Kier alpha value is -2.64. The van der Waals surface area contributed by atoms with Crippen molar-refractivity contribution in [3.05, 3.63) is 58.7 Å². The number of piperazine rings is 1. The van der Waals surface area contributed by atoms with E-state index in [4.69, 9.17) is 0 Å². The molecular weight excluding hydrogens is 410 g/mol. The molecule has 0 aromatic heterocycles. The highest BCUT2D eigenvalue weighted by Gasteiger charge is 2.34. The first-order valence-corrected chi connectivity index (χ1v) is 12.0. The largest absolute Gasteiger partial charge is 0.369 e. The summed E-state index contributed by atoms with van der Waals surface area (Å²) in [5, 5.41) is 0. The molecule has 0 N–H and O–H groups in total. The number of likely N-dealkylation sites (N-methyl/N-ethyl adjacent to an activating group) is 1. The van der Waals surface area contributed by atoms with Gasteiger partial charge in [-0.25, -0.2) is 8.42 Å². The molecule has 164 valence electrons. The lowest BCUT2D eigenvalue weighted by Crippen LogP contribution is -2.48. The Bertz CT molecular complexity index is 1190. The Kier molecular flexibility index (Phi) is 5.43. The van der Waals surface area contributed by atoms with E-state index in [0.29, 0.717) is 37.3 Å². The van der Waals surface area contributed by atoms with Crippen LogP contribution in [0.15, 0.2) is 46.9 Å². The van der Waals surface area contributed by atoms with Gasteiger partial charge in [0.25, 0.3) is 5.91 Å². The number of hydrogen-bond acceptors (Lipinski definition) is 4. The molecule has 0 saturated carbocycles. The van der Waals surface area contributed by atoms with Gasteiger partial charge in [0.05, 0.1) is 10.6 Å². The molecule has 0 spiro atoms. The van der Waals surface area contributed by atoms with Gasteiger partial charge in [0.2, 0.25) is 10.0 Å². The number of allylic oxidation sites excluding steroid dienone is 1. The molecule has 1 amide bonds. The van der Waals surface area contributed by atoms with Crippen molar-refractivity contribution in [3.8, 4) is 0 Å². The Morgan fingerprint density at radius 3 is 2.26 bits per heavy atom. The molecule has 0 bridgehead atoms. The van der Waals surface area contributed by atoms with E-state index in [1.54, 1.807) is 34.5 Å². The predicted octanol–water partition coefficient (Wildman–Crippen LogP) is 3.58. The number of carbonyl (C=O) groups excluding carboxylic acids is 1. The monoisotopic (exact) mass is 439 g/mol. The molecular formula is C24H29N3O3S. The smallest absolute Gasteiger partial charge is 0.258 e. The Balaban J connectivity index is 1.59. The molecule has 2 heterocycles. The summed E-state index contributed by atoms with van der Waals surface area (Å²) >= 11 is 0. The van der Waals surface area contributed by atoms with Crippen LogP contribution in [0.5, 0.6) is 0 Å². The van der Waals surface area contributed by atoms with Crippen molar-refractivity contribution in [3.63, 3.8) is 0 Å². The number of carbonyl (C=O) groups is 1. The summed E-state index contributed by atoms with van der Waals surface area (Å²) in [5.41, 5.74) is 6.56. The van der Waals surface area contributed by atoms with Gasteiger partial charge in [-0.2, -0.15) is 4.31 Å². The fraction of sp³-hybridized carbons (Fsp3) is 0.375. The number of sulfonamides is 1. The van der Waals surface area contributed by atoms with Gasteiger partial charge in [-0.15, -0.1) is 0 Å². The minimum atomic E-state index is -3.64. The van der Waals surface area contributed by atoms with E-state index >= 15 is 0 Å². The van der Waals surface area contributed by atoms with E-state index in [1.165, 1.54) is 16.8 Å². The number of amides is 1. The normalized spacial score (nSPS) is 17.3. The van der Waals surface area contributed by atoms with E-state index < -0.39 is 10.0 Å². The van der Waals surface area contributed by atoms with Crippen LogP contribution in [-0.4, -0.2) is 51.9 Å². The van der Waals surface area contributed by atoms with Crippen molar-refractivity contribution in [1.29, 1.82) is 0 Å². The van der Waals surface area contributed by atoms with E-state index in [-0.39, 0.29) is 10.8 Å². The average Bonchev–Trinajstić information content (AvgIpc) is 3.00. The fourth-order valence-electron chi connectivity index (χ4n) is 4.44. The number of rotatable bonds is 3. The lowest BCUT2D eigenvalue weighted by Gasteiger charge is -2.36. The number of fused-ring (bicyclic) bond motifs is 1. The van der Waals surface area contributed by atoms with Crippen molar-refractivity contribution >= 4 is 32.9 Å². The molecule has 6 nitrogen and oxygen atoms in total. The first-order valence-electron chi connectivity index (χ1n) is 10.5. The minimum Gasteiger partial charge on any atom is -0.369 e. The molecule has 2 aromatic carbocycles. The lowest BCUT2D eigenvalue weighted by molar-refractivity contribution is -0.112. The predicted molar refractivity (Wildman–Crippen MR) is 125 cm³/mol. The van der Waals surface area contributed by atoms with Gasteiger partial charge in [0.15, 0.2) is 0 Å². The number of anilines is 2. The number of hydrogen-bond donors (Lipinski definition) is 0. The molecule has 0 atom stereocenters. The van der Waals surface area contributed by atoms with Gasteiger partial charge in [-0.1, -0.05) is 17.7 Å². The maximum atomic E-state index is 13.4. The van der Waals surface area contributed by atoms with Crippen molar-refractivity contribution in [2.45, 2.75) is 32.6 Å². The number of benzene rings is 2. The van der Waals surface area contributed by atoms with E-state index in [0.717, 1.165) is 11.3 Å². The zero-order valence-corrected chi connectivity index (χ0v) is 19.6. The van der Waals surface area contributed by atoms with Crippen LogP contribution in [0.1, 0.15) is 30.5 Å². The first-order chi connectivity index (χ1) is 14.6. The molecule has 4 rings (SSSR count). The molecule has 1 saturated heterocycles. The Morgan fingerprint density at radius 1 is 0.935 bits per heavy atom. The van der Waals surface area contributed by atoms with Crippen LogP contribution in [0.2, 0.25) is 0 Å². The zero-order chi connectivity index (χ0) is 22.5.